The first-order valence-electron chi connectivity index (χ1n) is 8.47. The number of likely N-dealkylation sites (tertiary alicyclic amines) is 1. The Balaban J connectivity index is 2.00. The second kappa shape index (κ2) is 7.54. The van der Waals surface area contributed by atoms with Gasteiger partial charge < -0.3 is 15.0 Å². The summed E-state index contributed by atoms with van der Waals surface area (Å²) in [6.45, 7) is 6.43. The first kappa shape index (κ1) is 19.4. The van der Waals surface area contributed by atoms with Crippen molar-refractivity contribution in [2.45, 2.75) is 57.9 Å². The van der Waals surface area contributed by atoms with Crippen molar-refractivity contribution in [2.24, 2.45) is 0 Å². The summed E-state index contributed by atoms with van der Waals surface area (Å²) in [6, 6.07) is 5.37. The molecular formula is C18H25F3N2O2. The number of amides is 1. The number of carbonyl (C=O) groups excluding carboxylic acids is 1. The van der Waals surface area contributed by atoms with Gasteiger partial charge in [-0.2, -0.15) is 13.2 Å². The van der Waals surface area contributed by atoms with E-state index in [0.29, 0.717) is 32.4 Å². The zero-order chi connectivity index (χ0) is 18.7. The molecule has 1 fully saturated rings. The molecule has 1 aromatic carbocycles. The third-order valence-corrected chi connectivity index (χ3v) is 3.97. The number of carbonyl (C=O) groups is 1. The molecule has 140 valence electrons. The Labute approximate surface area is 146 Å². The van der Waals surface area contributed by atoms with Crippen molar-refractivity contribution in [2.75, 3.05) is 18.4 Å². The van der Waals surface area contributed by atoms with Gasteiger partial charge in [0.15, 0.2) is 0 Å². The maximum absolute atomic E-state index is 13.1. The van der Waals surface area contributed by atoms with Gasteiger partial charge in [-0.3, -0.25) is 0 Å². The molecule has 0 aromatic heterocycles. The predicted octanol–water partition coefficient (Wildman–Crippen LogP) is 4.91. The topological polar surface area (TPSA) is 41.6 Å². The molecule has 25 heavy (non-hydrogen) atoms. The Morgan fingerprint density at radius 1 is 1.16 bits per heavy atom. The van der Waals surface area contributed by atoms with E-state index in [2.05, 4.69) is 5.32 Å². The van der Waals surface area contributed by atoms with E-state index in [1.807, 2.05) is 0 Å². The van der Waals surface area contributed by atoms with Crippen molar-refractivity contribution in [1.29, 1.82) is 0 Å². The molecule has 1 saturated heterocycles. The maximum Gasteiger partial charge on any atom is 0.418 e. The van der Waals surface area contributed by atoms with E-state index >= 15 is 0 Å². The van der Waals surface area contributed by atoms with Gasteiger partial charge in [0.2, 0.25) is 0 Å². The summed E-state index contributed by atoms with van der Waals surface area (Å²) in [4.78, 5) is 13.8. The zero-order valence-electron chi connectivity index (χ0n) is 14.8. The summed E-state index contributed by atoms with van der Waals surface area (Å²) in [5.41, 5.74) is -1.14. The lowest BCUT2D eigenvalue weighted by Crippen LogP contribution is -2.37. The molecule has 2 rings (SSSR count). The third-order valence-electron chi connectivity index (χ3n) is 3.97. The van der Waals surface area contributed by atoms with Crippen molar-refractivity contribution < 1.29 is 22.7 Å². The summed E-state index contributed by atoms with van der Waals surface area (Å²) >= 11 is 0. The molecule has 1 unspecified atom stereocenters. The standard InChI is InChI=1S/C18H25F3N2O2/c1-17(2,3)25-16(24)23-11-6-7-13(10-12-23)22-15-9-5-4-8-14(15)18(19,20)21/h4-5,8-9,13,22H,6-7,10-12H2,1-3H3. The predicted molar refractivity (Wildman–Crippen MR) is 90.5 cm³/mol. The SMILES string of the molecule is CC(C)(C)OC(=O)N1CCCC(Nc2ccccc2C(F)(F)F)CC1. The largest absolute Gasteiger partial charge is 0.444 e. The second-order valence-electron chi connectivity index (χ2n) is 7.28. The normalized spacial score (nSPS) is 19.3. The molecular weight excluding hydrogens is 333 g/mol. The molecule has 0 saturated carbocycles. The van der Waals surface area contributed by atoms with Gasteiger partial charge in [-0.1, -0.05) is 12.1 Å². The van der Waals surface area contributed by atoms with Crippen LogP contribution in [0.3, 0.4) is 0 Å². The van der Waals surface area contributed by atoms with Crippen LogP contribution in [0.5, 0.6) is 0 Å². The fraction of sp³-hybridized carbons (Fsp3) is 0.611. The molecule has 1 heterocycles. The van der Waals surface area contributed by atoms with E-state index in [0.717, 1.165) is 6.07 Å². The maximum atomic E-state index is 13.1. The number of ether oxygens (including phenoxy) is 1. The van der Waals surface area contributed by atoms with Crippen LogP contribution < -0.4 is 5.32 Å². The Morgan fingerprint density at radius 2 is 1.84 bits per heavy atom. The molecule has 1 N–H and O–H groups in total. The lowest BCUT2D eigenvalue weighted by molar-refractivity contribution is -0.137. The van der Waals surface area contributed by atoms with Crippen molar-refractivity contribution in [3.05, 3.63) is 29.8 Å². The lowest BCUT2D eigenvalue weighted by atomic mass is 10.1. The molecule has 0 aliphatic carbocycles. The minimum atomic E-state index is -4.39. The van der Waals surface area contributed by atoms with Crippen molar-refractivity contribution in [3.8, 4) is 0 Å². The Bertz CT molecular complexity index is 597. The van der Waals surface area contributed by atoms with Crippen LogP contribution in [0.15, 0.2) is 24.3 Å². The third kappa shape index (κ3) is 5.83. The monoisotopic (exact) mass is 358 g/mol. The van der Waals surface area contributed by atoms with Gasteiger partial charge >= 0.3 is 12.3 Å². The first-order valence-corrected chi connectivity index (χ1v) is 8.47. The van der Waals surface area contributed by atoms with Crippen molar-refractivity contribution >= 4 is 11.8 Å². The average Bonchev–Trinajstić information content (AvgIpc) is 2.71. The van der Waals surface area contributed by atoms with Crippen molar-refractivity contribution in [3.63, 3.8) is 0 Å². The highest BCUT2D eigenvalue weighted by Gasteiger charge is 2.34. The molecule has 0 bridgehead atoms. The number of alkyl halides is 3. The van der Waals surface area contributed by atoms with Gasteiger partial charge in [0.1, 0.15) is 5.60 Å². The lowest BCUT2D eigenvalue weighted by Gasteiger charge is -2.26. The number of para-hydroxylation sites is 1. The highest BCUT2D eigenvalue weighted by molar-refractivity contribution is 5.68. The molecule has 1 aliphatic rings. The number of benzene rings is 1. The Hall–Kier alpha value is -1.92. The fourth-order valence-electron chi connectivity index (χ4n) is 2.83. The van der Waals surface area contributed by atoms with Crippen molar-refractivity contribution in [1.82, 2.24) is 4.90 Å². The minimum Gasteiger partial charge on any atom is -0.444 e. The van der Waals surface area contributed by atoms with E-state index in [1.54, 1.807) is 31.7 Å². The number of hydrogen-bond donors (Lipinski definition) is 1. The highest BCUT2D eigenvalue weighted by atomic mass is 19.4. The van der Waals surface area contributed by atoms with Crippen LogP contribution in [0, 0.1) is 0 Å². The number of halogens is 3. The molecule has 1 aliphatic heterocycles. The van der Waals surface area contributed by atoms with E-state index in [4.69, 9.17) is 4.74 Å². The van der Waals surface area contributed by atoms with Crippen LogP contribution in [0.4, 0.5) is 23.7 Å². The van der Waals surface area contributed by atoms with Crippen LogP contribution >= 0.6 is 0 Å². The average molecular weight is 358 g/mol. The molecule has 0 radical (unpaired) electrons. The Morgan fingerprint density at radius 3 is 2.48 bits per heavy atom. The zero-order valence-corrected chi connectivity index (χ0v) is 14.8. The van der Waals surface area contributed by atoms with Crippen LogP contribution in [-0.4, -0.2) is 35.7 Å². The summed E-state index contributed by atoms with van der Waals surface area (Å²) in [5, 5.41) is 3.00. The summed E-state index contributed by atoms with van der Waals surface area (Å²) in [5.74, 6) is 0. The van der Waals surface area contributed by atoms with E-state index in [9.17, 15) is 18.0 Å². The number of nitrogens with zero attached hydrogens (tertiary/aromatic N) is 1. The second-order valence-corrected chi connectivity index (χ2v) is 7.28. The number of hydrogen-bond acceptors (Lipinski definition) is 3. The van der Waals surface area contributed by atoms with Crippen LogP contribution in [0.1, 0.15) is 45.6 Å². The van der Waals surface area contributed by atoms with Gasteiger partial charge in [-0.05, 0) is 52.2 Å². The molecule has 1 aromatic rings. The summed E-state index contributed by atoms with van der Waals surface area (Å²) < 4.78 is 44.7. The highest BCUT2D eigenvalue weighted by Crippen LogP contribution is 2.35. The van der Waals surface area contributed by atoms with E-state index < -0.39 is 17.3 Å². The van der Waals surface area contributed by atoms with Crippen LogP contribution in [0.2, 0.25) is 0 Å². The van der Waals surface area contributed by atoms with Gasteiger partial charge in [0.25, 0.3) is 0 Å². The fourth-order valence-corrected chi connectivity index (χ4v) is 2.83. The van der Waals surface area contributed by atoms with E-state index in [-0.39, 0.29) is 17.8 Å². The molecule has 0 spiro atoms. The first-order chi connectivity index (χ1) is 11.6. The quantitative estimate of drug-likeness (QED) is 0.817. The molecule has 1 amide bonds. The van der Waals surface area contributed by atoms with Gasteiger partial charge in [0.05, 0.1) is 5.56 Å². The van der Waals surface area contributed by atoms with Crippen LogP contribution in [0.25, 0.3) is 0 Å². The van der Waals surface area contributed by atoms with Gasteiger partial charge in [-0.25, -0.2) is 4.79 Å². The number of rotatable bonds is 2. The number of anilines is 1. The van der Waals surface area contributed by atoms with Crippen LogP contribution in [-0.2, 0) is 10.9 Å². The molecule has 1 atom stereocenters. The minimum absolute atomic E-state index is 0.0886. The molecule has 4 nitrogen and oxygen atoms in total. The summed E-state index contributed by atoms with van der Waals surface area (Å²) in [7, 11) is 0. The summed E-state index contributed by atoms with van der Waals surface area (Å²) in [6.07, 6.45) is -2.78. The van der Waals surface area contributed by atoms with E-state index in [1.165, 1.54) is 12.1 Å². The smallest absolute Gasteiger partial charge is 0.418 e. The van der Waals surface area contributed by atoms with Gasteiger partial charge in [-0.15, -0.1) is 0 Å². The number of nitrogens with one attached hydrogen (secondary N) is 1. The van der Waals surface area contributed by atoms with Gasteiger partial charge in [0, 0.05) is 24.8 Å². The molecule has 7 heteroatoms. The Kier molecular flexibility index (Phi) is 5.85.